The quantitative estimate of drug-likeness (QED) is 0.0136. The van der Waals surface area contributed by atoms with E-state index in [1.54, 1.807) is 40.9 Å². The van der Waals surface area contributed by atoms with Crippen molar-refractivity contribution >= 4 is 110 Å². The number of carbonyl (C=O) groups is 4. The summed E-state index contributed by atoms with van der Waals surface area (Å²) in [4.78, 5) is 59.0. The van der Waals surface area contributed by atoms with E-state index in [1.165, 1.54) is 0 Å². The second-order valence-corrected chi connectivity index (χ2v) is 22.9. The maximum Gasteiger partial charge on any atom is 0.338 e. The summed E-state index contributed by atoms with van der Waals surface area (Å²) in [5, 5.41) is 9.13. The topological polar surface area (TPSA) is 124 Å². The number of hydrogen-bond donors (Lipinski definition) is 0. The SMILES string of the molecule is CCCCOC(=O)c1ccc2c3ccc(C(=O)OCCCC)c4c(C(=O)OCCCC)cc(-c5cc6c(OCC(CC)CCCC)c7sccc7c(OCC(CC)CCCC)c6s5)c(c5ccc(C(=O)OCCCC)c1c25)c43. The molecule has 0 N–H and O–H groups in total. The third-order valence-corrected chi connectivity index (χ3v) is 17.5. The minimum absolute atomic E-state index is 0.204. The van der Waals surface area contributed by atoms with Gasteiger partial charge in [-0.2, -0.15) is 0 Å². The van der Waals surface area contributed by atoms with Gasteiger partial charge in [0, 0.05) is 32.0 Å². The first-order valence-electron chi connectivity index (χ1n) is 29.2. The zero-order valence-corrected chi connectivity index (χ0v) is 49.0. The van der Waals surface area contributed by atoms with Crippen molar-refractivity contribution < 1.29 is 47.6 Å². The lowest BCUT2D eigenvalue weighted by molar-refractivity contribution is 0.0485. The number of rotatable bonds is 31. The van der Waals surface area contributed by atoms with E-state index in [0.717, 1.165) is 135 Å². The second-order valence-electron chi connectivity index (χ2n) is 20.9. The maximum atomic E-state index is 15.0. The highest BCUT2D eigenvalue weighted by Crippen LogP contribution is 2.54. The zero-order chi connectivity index (χ0) is 55.3. The first-order chi connectivity index (χ1) is 38.1. The van der Waals surface area contributed by atoms with Crippen LogP contribution >= 0.6 is 22.7 Å². The highest BCUT2D eigenvalue weighted by atomic mass is 32.1. The van der Waals surface area contributed by atoms with Crippen molar-refractivity contribution in [3.63, 3.8) is 0 Å². The third-order valence-electron chi connectivity index (χ3n) is 15.4. The molecule has 78 heavy (non-hydrogen) atoms. The van der Waals surface area contributed by atoms with Crippen molar-refractivity contribution in [3.8, 4) is 21.9 Å². The molecule has 12 heteroatoms. The van der Waals surface area contributed by atoms with Gasteiger partial charge in [-0.25, -0.2) is 19.2 Å². The van der Waals surface area contributed by atoms with Crippen molar-refractivity contribution in [2.24, 2.45) is 11.8 Å². The lowest BCUT2D eigenvalue weighted by Gasteiger charge is -2.22. The van der Waals surface area contributed by atoms with Crippen molar-refractivity contribution in [1.82, 2.24) is 0 Å². The molecule has 2 atom stereocenters. The fourth-order valence-electron chi connectivity index (χ4n) is 10.7. The van der Waals surface area contributed by atoms with Crippen LogP contribution in [-0.2, 0) is 18.9 Å². The predicted molar refractivity (Wildman–Crippen MR) is 322 cm³/mol. The molecule has 0 bridgehead atoms. The van der Waals surface area contributed by atoms with Crippen LogP contribution in [0.2, 0.25) is 0 Å². The van der Waals surface area contributed by atoms with E-state index in [9.17, 15) is 19.2 Å². The summed E-state index contributed by atoms with van der Waals surface area (Å²) in [6, 6.07) is 17.1. The Morgan fingerprint density at radius 1 is 0.423 bits per heavy atom. The smallest absolute Gasteiger partial charge is 0.338 e. The fraction of sp³-hybridized carbons (Fsp3) is 0.485. The molecule has 6 aromatic carbocycles. The Hall–Kier alpha value is -5.98. The van der Waals surface area contributed by atoms with Crippen molar-refractivity contribution in [3.05, 3.63) is 82.2 Å². The largest absolute Gasteiger partial charge is 0.491 e. The summed E-state index contributed by atoms with van der Waals surface area (Å²) >= 11 is 3.25. The van der Waals surface area contributed by atoms with Gasteiger partial charge in [-0.05, 0) is 124 Å². The van der Waals surface area contributed by atoms with Crippen molar-refractivity contribution in [2.45, 2.75) is 158 Å². The van der Waals surface area contributed by atoms with Crippen LogP contribution in [0.15, 0.2) is 60.0 Å². The first kappa shape index (κ1) is 58.2. The number of hydrogen-bond acceptors (Lipinski definition) is 12. The van der Waals surface area contributed by atoms with Crippen LogP contribution in [0.5, 0.6) is 11.5 Å². The van der Waals surface area contributed by atoms with Gasteiger partial charge in [0.05, 0.1) is 71.3 Å². The molecule has 8 rings (SSSR count). The maximum absolute atomic E-state index is 15.0. The van der Waals surface area contributed by atoms with Gasteiger partial charge in [0.25, 0.3) is 0 Å². The van der Waals surface area contributed by atoms with E-state index in [4.69, 9.17) is 28.4 Å². The Balaban J connectivity index is 1.52. The minimum atomic E-state index is -0.549. The fourth-order valence-corrected chi connectivity index (χ4v) is 12.8. The van der Waals surface area contributed by atoms with Crippen LogP contribution < -0.4 is 9.47 Å². The molecule has 0 saturated carbocycles. The van der Waals surface area contributed by atoms with Gasteiger partial charge >= 0.3 is 23.9 Å². The summed E-state index contributed by atoms with van der Waals surface area (Å²) in [6.07, 6.45) is 14.7. The Bertz CT molecular complexity index is 3260. The van der Waals surface area contributed by atoms with Crippen LogP contribution in [0.4, 0.5) is 0 Å². The van der Waals surface area contributed by atoms with E-state index >= 15 is 0 Å². The Morgan fingerprint density at radius 3 is 1.33 bits per heavy atom. The van der Waals surface area contributed by atoms with Crippen molar-refractivity contribution in [2.75, 3.05) is 39.6 Å². The molecule has 2 unspecified atom stereocenters. The number of thiophene rings is 2. The lowest BCUT2D eigenvalue weighted by Crippen LogP contribution is -2.13. The van der Waals surface area contributed by atoms with Crippen molar-refractivity contribution in [1.29, 1.82) is 0 Å². The number of unbranched alkanes of at least 4 members (excludes halogenated alkanes) is 6. The minimum Gasteiger partial charge on any atom is -0.491 e. The van der Waals surface area contributed by atoms with Gasteiger partial charge in [0.2, 0.25) is 0 Å². The Labute approximate surface area is 468 Å². The van der Waals surface area contributed by atoms with Gasteiger partial charge in [-0.1, -0.05) is 138 Å². The van der Waals surface area contributed by atoms with Crippen LogP contribution in [-0.4, -0.2) is 63.5 Å². The molecule has 0 aliphatic carbocycles. The molecule has 8 aromatic rings. The van der Waals surface area contributed by atoms with E-state index in [-0.39, 0.29) is 48.7 Å². The van der Waals surface area contributed by atoms with Crippen LogP contribution in [0.3, 0.4) is 0 Å². The van der Waals surface area contributed by atoms with E-state index in [2.05, 4.69) is 45.2 Å². The van der Waals surface area contributed by atoms with Gasteiger partial charge in [0.15, 0.2) is 0 Å². The zero-order valence-electron chi connectivity index (χ0n) is 47.4. The molecular weight excluding hydrogens is 1020 g/mol. The monoisotopic (exact) mass is 1100 g/mol. The summed E-state index contributed by atoms with van der Waals surface area (Å²) in [5.41, 5.74) is 1.71. The lowest BCUT2D eigenvalue weighted by atomic mass is 9.82. The van der Waals surface area contributed by atoms with Gasteiger partial charge in [-0.15, -0.1) is 22.7 Å². The predicted octanol–water partition coefficient (Wildman–Crippen LogP) is 18.9. The molecule has 0 fully saturated rings. The number of esters is 4. The average Bonchev–Trinajstić information content (AvgIpc) is 4.14. The highest BCUT2D eigenvalue weighted by Gasteiger charge is 2.31. The third kappa shape index (κ3) is 12.2. The van der Waals surface area contributed by atoms with Crippen LogP contribution in [0.25, 0.3) is 73.7 Å². The molecule has 2 heterocycles. The molecule has 10 nitrogen and oxygen atoms in total. The highest BCUT2D eigenvalue weighted by molar-refractivity contribution is 7.23. The molecule has 0 radical (unpaired) electrons. The van der Waals surface area contributed by atoms with E-state index < -0.39 is 23.9 Å². The van der Waals surface area contributed by atoms with E-state index in [1.807, 2.05) is 52.0 Å². The van der Waals surface area contributed by atoms with Crippen LogP contribution in [0.1, 0.15) is 200 Å². The number of ether oxygens (including phenoxy) is 6. The molecule has 0 aliphatic heterocycles. The van der Waals surface area contributed by atoms with Gasteiger partial charge < -0.3 is 28.4 Å². The number of carbonyl (C=O) groups excluding carboxylic acids is 4. The standard InChI is InChI=1S/C66H80O10S2/c1-9-17-23-41(15-7)39-75-59-49-31-36-77-61(49)60(76-40-42(16-8)24-18-10-2)52-38-53(78-62(52)59)50-37-51(66(70)74-35-22-14-6)57-48(65(69)73-34-21-13-5)29-26-44-43-25-28-46(63(67)71-32-19-11-3)56-47(64(68)72-33-20-12-4)30-27-45(54(43)56)55(50)58(44)57/h25-31,36-38,41-42H,9-24,32-35,39-40H2,1-8H3. The average molecular weight is 1100 g/mol. The van der Waals surface area contributed by atoms with Crippen LogP contribution in [0, 0.1) is 11.8 Å². The number of fused-ring (bicyclic) bond motifs is 4. The first-order valence-corrected chi connectivity index (χ1v) is 30.9. The molecule has 0 saturated heterocycles. The number of benzene rings is 6. The van der Waals surface area contributed by atoms with Gasteiger partial charge in [-0.3, -0.25) is 0 Å². The summed E-state index contributed by atoms with van der Waals surface area (Å²) in [7, 11) is 0. The second kappa shape index (κ2) is 27.7. The molecule has 0 spiro atoms. The van der Waals surface area contributed by atoms with Gasteiger partial charge in [0.1, 0.15) is 11.5 Å². The Morgan fingerprint density at radius 2 is 0.859 bits per heavy atom. The molecular formula is C66H80O10S2. The molecule has 416 valence electrons. The summed E-state index contributed by atoms with van der Waals surface area (Å²) < 4.78 is 40.0. The molecule has 0 aliphatic rings. The molecule has 0 amide bonds. The molecule has 2 aromatic heterocycles. The normalized spacial score (nSPS) is 12.6. The Kier molecular flexibility index (Phi) is 20.7. The summed E-state index contributed by atoms with van der Waals surface area (Å²) in [6.45, 7) is 19.1. The van der Waals surface area contributed by atoms with E-state index in [0.29, 0.717) is 77.8 Å². The summed E-state index contributed by atoms with van der Waals surface area (Å²) in [5.74, 6) is 0.223.